The van der Waals surface area contributed by atoms with Gasteiger partial charge >= 0.3 is 0 Å². The first-order valence-corrected chi connectivity index (χ1v) is 7.89. The van der Waals surface area contributed by atoms with E-state index in [1.165, 1.54) is 6.42 Å². The van der Waals surface area contributed by atoms with E-state index < -0.39 is 6.10 Å². The number of amides is 2. The van der Waals surface area contributed by atoms with Gasteiger partial charge in [0.2, 0.25) is 5.91 Å². The van der Waals surface area contributed by atoms with E-state index in [1.54, 1.807) is 28.0 Å². The highest BCUT2D eigenvalue weighted by Crippen LogP contribution is 2.14. The van der Waals surface area contributed by atoms with Gasteiger partial charge in [-0.15, -0.1) is 0 Å². The van der Waals surface area contributed by atoms with Gasteiger partial charge < -0.3 is 14.5 Å². The molecule has 2 aliphatic rings. The van der Waals surface area contributed by atoms with Crippen LogP contribution < -0.4 is 0 Å². The predicted octanol–water partition coefficient (Wildman–Crippen LogP) is 0.123. The lowest BCUT2D eigenvalue weighted by Gasteiger charge is -2.36. The van der Waals surface area contributed by atoms with Crippen molar-refractivity contribution in [2.75, 3.05) is 32.8 Å². The maximum Gasteiger partial charge on any atom is 0.253 e. The second-order valence-corrected chi connectivity index (χ2v) is 5.79. The van der Waals surface area contributed by atoms with Crippen LogP contribution in [0.5, 0.6) is 0 Å². The number of carbonyl (C=O) groups is 2. The molecular weight excluding hydrogens is 284 g/mol. The average molecular weight is 306 g/mol. The van der Waals surface area contributed by atoms with Crippen molar-refractivity contribution in [1.29, 1.82) is 0 Å². The van der Waals surface area contributed by atoms with Crippen LogP contribution in [0.1, 0.15) is 19.3 Å². The fraction of sp³-hybridized carbons (Fsp3) is 0.667. The molecule has 2 fully saturated rings. The summed E-state index contributed by atoms with van der Waals surface area (Å²) >= 11 is 0. The molecule has 0 saturated carbocycles. The summed E-state index contributed by atoms with van der Waals surface area (Å²) in [5.74, 6) is -0.000247. The number of likely N-dealkylation sites (tertiary alicyclic amines) is 1. The van der Waals surface area contributed by atoms with Crippen LogP contribution in [0.4, 0.5) is 0 Å². The van der Waals surface area contributed by atoms with E-state index in [9.17, 15) is 9.59 Å². The molecule has 0 spiro atoms. The van der Waals surface area contributed by atoms with Gasteiger partial charge in [0.05, 0.1) is 13.2 Å². The van der Waals surface area contributed by atoms with Gasteiger partial charge in [-0.05, 0) is 25.3 Å². The molecule has 3 rings (SSSR count). The average Bonchev–Trinajstić information content (AvgIpc) is 3.08. The molecule has 0 aromatic carbocycles. The van der Waals surface area contributed by atoms with Crippen LogP contribution in [-0.4, -0.2) is 70.3 Å². The van der Waals surface area contributed by atoms with Gasteiger partial charge in [-0.2, -0.15) is 5.10 Å². The molecule has 7 nitrogen and oxygen atoms in total. The second-order valence-electron chi connectivity index (χ2n) is 5.79. The third-order valence-corrected chi connectivity index (χ3v) is 4.22. The van der Waals surface area contributed by atoms with Crippen molar-refractivity contribution in [2.45, 2.75) is 31.9 Å². The Morgan fingerprint density at radius 1 is 1.14 bits per heavy atom. The Hall–Kier alpha value is -1.89. The Bertz CT molecular complexity index is 511. The van der Waals surface area contributed by atoms with E-state index in [-0.39, 0.29) is 18.4 Å². The Morgan fingerprint density at radius 2 is 1.95 bits per heavy atom. The standard InChI is InChI=1S/C15H22N4O3/c20-14(12-19-8-4-5-16-19)18-9-10-22-13(11-18)15(21)17-6-2-1-3-7-17/h4-5,8,13H,1-3,6-7,9-12H2/t13-/m0/s1. The predicted molar refractivity (Wildman–Crippen MR) is 79.0 cm³/mol. The third-order valence-electron chi connectivity index (χ3n) is 4.22. The topological polar surface area (TPSA) is 67.7 Å². The van der Waals surface area contributed by atoms with E-state index >= 15 is 0 Å². The molecule has 7 heteroatoms. The summed E-state index contributed by atoms with van der Waals surface area (Å²) in [6.07, 6.45) is 6.18. The van der Waals surface area contributed by atoms with Crippen molar-refractivity contribution < 1.29 is 14.3 Å². The molecule has 1 aromatic heterocycles. The number of piperidine rings is 1. The zero-order chi connectivity index (χ0) is 15.4. The molecule has 0 N–H and O–H groups in total. The van der Waals surface area contributed by atoms with Crippen LogP contribution in [0.2, 0.25) is 0 Å². The normalized spacial score (nSPS) is 22.6. The summed E-state index contributed by atoms with van der Waals surface area (Å²) in [6.45, 7) is 3.10. The van der Waals surface area contributed by atoms with Crippen LogP contribution in [0, 0.1) is 0 Å². The summed E-state index contributed by atoms with van der Waals surface area (Å²) in [7, 11) is 0. The van der Waals surface area contributed by atoms with Crippen molar-refractivity contribution in [1.82, 2.24) is 19.6 Å². The van der Waals surface area contributed by atoms with Gasteiger partial charge in [0.25, 0.3) is 5.91 Å². The zero-order valence-corrected chi connectivity index (χ0v) is 12.7. The minimum atomic E-state index is -0.520. The van der Waals surface area contributed by atoms with Crippen LogP contribution in [0.25, 0.3) is 0 Å². The Morgan fingerprint density at radius 3 is 2.68 bits per heavy atom. The number of ether oxygens (including phenoxy) is 1. The fourth-order valence-electron chi connectivity index (χ4n) is 2.98. The molecule has 2 aliphatic heterocycles. The fourth-order valence-corrected chi connectivity index (χ4v) is 2.98. The van der Waals surface area contributed by atoms with E-state index in [4.69, 9.17) is 4.74 Å². The first-order chi connectivity index (χ1) is 10.7. The molecule has 120 valence electrons. The number of rotatable bonds is 3. The van der Waals surface area contributed by atoms with E-state index in [0.29, 0.717) is 19.7 Å². The summed E-state index contributed by atoms with van der Waals surface area (Å²) in [5.41, 5.74) is 0. The SMILES string of the molecule is O=C(Cn1cccn1)N1CCO[C@H](C(=O)N2CCCCC2)C1. The van der Waals surface area contributed by atoms with Gasteiger partial charge in [-0.3, -0.25) is 14.3 Å². The number of hydrogen-bond acceptors (Lipinski definition) is 4. The highest BCUT2D eigenvalue weighted by atomic mass is 16.5. The van der Waals surface area contributed by atoms with Crippen molar-refractivity contribution in [3.8, 4) is 0 Å². The van der Waals surface area contributed by atoms with E-state index in [0.717, 1.165) is 25.9 Å². The molecule has 0 bridgehead atoms. The van der Waals surface area contributed by atoms with Gasteiger partial charge in [-0.25, -0.2) is 0 Å². The lowest BCUT2D eigenvalue weighted by Crippen LogP contribution is -2.53. The highest BCUT2D eigenvalue weighted by molar-refractivity contribution is 5.83. The van der Waals surface area contributed by atoms with Crippen molar-refractivity contribution in [3.05, 3.63) is 18.5 Å². The largest absolute Gasteiger partial charge is 0.365 e. The monoisotopic (exact) mass is 306 g/mol. The van der Waals surface area contributed by atoms with Gasteiger partial charge in [0.15, 0.2) is 6.10 Å². The molecule has 1 aromatic rings. The molecule has 2 saturated heterocycles. The summed E-state index contributed by atoms with van der Waals surface area (Å²) in [6, 6.07) is 1.79. The molecule has 0 aliphatic carbocycles. The minimum absolute atomic E-state index is 0.0243. The van der Waals surface area contributed by atoms with Crippen molar-refractivity contribution in [2.24, 2.45) is 0 Å². The zero-order valence-electron chi connectivity index (χ0n) is 12.7. The van der Waals surface area contributed by atoms with E-state index in [2.05, 4.69) is 5.10 Å². The van der Waals surface area contributed by atoms with Gasteiger partial charge in [0, 0.05) is 32.0 Å². The quantitative estimate of drug-likeness (QED) is 0.796. The molecular formula is C15H22N4O3. The second kappa shape index (κ2) is 6.91. The van der Waals surface area contributed by atoms with Crippen LogP contribution >= 0.6 is 0 Å². The number of hydrogen-bond donors (Lipinski definition) is 0. The van der Waals surface area contributed by atoms with Crippen molar-refractivity contribution in [3.63, 3.8) is 0 Å². The van der Waals surface area contributed by atoms with Crippen LogP contribution in [-0.2, 0) is 20.9 Å². The molecule has 2 amide bonds. The summed E-state index contributed by atoms with van der Waals surface area (Å²) < 4.78 is 7.20. The molecule has 3 heterocycles. The third kappa shape index (κ3) is 3.47. The lowest BCUT2D eigenvalue weighted by molar-refractivity contribution is -0.155. The van der Waals surface area contributed by atoms with Crippen LogP contribution in [0.3, 0.4) is 0 Å². The van der Waals surface area contributed by atoms with Gasteiger partial charge in [0.1, 0.15) is 6.54 Å². The molecule has 22 heavy (non-hydrogen) atoms. The van der Waals surface area contributed by atoms with Crippen molar-refractivity contribution >= 4 is 11.8 Å². The Labute approximate surface area is 129 Å². The number of aromatic nitrogens is 2. The number of morpholine rings is 1. The minimum Gasteiger partial charge on any atom is -0.365 e. The molecule has 0 unspecified atom stereocenters. The summed E-state index contributed by atoms with van der Waals surface area (Å²) in [4.78, 5) is 28.4. The summed E-state index contributed by atoms with van der Waals surface area (Å²) in [5, 5.41) is 4.04. The smallest absolute Gasteiger partial charge is 0.253 e. The Balaban J connectivity index is 1.56. The first kappa shape index (κ1) is 15.0. The maximum absolute atomic E-state index is 12.5. The Kier molecular flexibility index (Phi) is 4.72. The lowest BCUT2D eigenvalue weighted by atomic mass is 10.1. The van der Waals surface area contributed by atoms with Gasteiger partial charge in [-0.1, -0.05) is 0 Å². The first-order valence-electron chi connectivity index (χ1n) is 7.89. The highest BCUT2D eigenvalue weighted by Gasteiger charge is 2.32. The molecule has 1 atom stereocenters. The number of carbonyl (C=O) groups excluding carboxylic acids is 2. The van der Waals surface area contributed by atoms with E-state index in [1.807, 2.05) is 4.90 Å². The number of nitrogens with zero attached hydrogens (tertiary/aromatic N) is 4. The molecule has 0 radical (unpaired) electrons. The van der Waals surface area contributed by atoms with Crippen LogP contribution in [0.15, 0.2) is 18.5 Å². The maximum atomic E-state index is 12.5.